The number of hydrogen-bond donors (Lipinski definition) is 2. The van der Waals surface area contributed by atoms with Gasteiger partial charge < -0.3 is 10.4 Å². The number of aromatic nitrogens is 2. The fourth-order valence-corrected chi connectivity index (χ4v) is 5.04. The van der Waals surface area contributed by atoms with E-state index in [0.717, 1.165) is 55.2 Å². The first-order valence-electron chi connectivity index (χ1n) is 9.57. The number of thiophene rings is 1. The van der Waals surface area contributed by atoms with Crippen molar-refractivity contribution >= 4 is 33.3 Å². The molecule has 1 aliphatic carbocycles. The minimum Gasteiger partial charge on any atom is -0.481 e. The van der Waals surface area contributed by atoms with E-state index in [1.807, 2.05) is 11.3 Å². The molecule has 3 rings (SSSR count). The van der Waals surface area contributed by atoms with Gasteiger partial charge in [0.25, 0.3) is 0 Å². The number of carbonyl (C=O) groups is 1. The van der Waals surface area contributed by atoms with E-state index < -0.39 is 5.97 Å². The molecule has 0 bridgehead atoms. The molecule has 0 fully saturated rings. The van der Waals surface area contributed by atoms with Crippen LogP contribution < -0.4 is 5.32 Å². The Hall–Kier alpha value is -1.69. The van der Waals surface area contributed by atoms with Crippen molar-refractivity contribution in [1.29, 1.82) is 0 Å². The number of unbranched alkanes of at least 4 members (excludes halogenated alkanes) is 2. The van der Waals surface area contributed by atoms with E-state index >= 15 is 0 Å². The number of aliphatic carboxylic acids is 1. The minimum absolute atomic E-state index is 0.255. The van der Waals surface area contributed by atoms with Crippen LogP contribution in [0.3, 0.4) is 0 Å². The highest BCUT2D eigenvalue weighted by atomic mass is 32.1. The summed E-state index contributed by atoms with van der Waals surface area (Å²) in [6.07, 6.45) is 8.00. The molecule has 0 aliphatic heterocycles. The first kappa shape index (κ1) is 19.1. The van der Waals surface area contributed by atoms with Gasteiger partial charge >= 0.3 is 5.97 Å². The lowest BCUT2D eigenvalue weighted by Gasteiger charge is -2.33. The Balaban J connectivity index is 1.69. The minimum atomic E-state index is -0.714. The monoisotopic (exact) mass is 375 g/mol. The summed E-state index contributed by atoms with van der Waals surface area (Å²) in [6.45, 7) is 7.84. The number of anilines is 1. The molecule has 2 aromatic rings. The Morgan fingerprint density at radius 3 is 2.85 bits per heavy atom. The molecule has 5 nitrogen and oxygen atoms in total. The molecule has 0 amide bonds. The molecular weight excluding hydrogens is 346 g/mol. The van der Waals surface area contributed by atoms with Gasteiger partial charge in [0.15, 0.2) is 0 Å². The van der Waals surface area contributed by atoms with Crippen molar-refractivity contribution < 1.29 is 9.90 Å². The molecule has 0 radical (unpaired) electrons. The van der Waals surface area contributed by atoms with Crippen molar-refractivity contribution in [3.05, 3.63) is 16.8 Å². The Kier molecular flexibility index (Phi) is 5.80. The van der Waals surface area contributed by atoms with Gasteiger partial charge in [-0.05, 0) is 49.0 Å². The molecule has 1 aliphatic rings. The maximum atomic E-state index is 10.6. The maximum absolute atomic E-state index is 10.6. The second kappa shape index (κ2) is 7.91. The molecule has 2 N–H and O–H groups in total. The van der Waals surface area contributed by atoms with E-state index in [9.17, 15) is 4.79 Å². The number of fused-ring (bicyclic) bond motifs is 3. The quantitative estimate of drug-likeness (QED) is 0.673. The van der Waals surface area contributed by atoms with Crippen LogP contribution in [-0.2, 0) is 17.6 Å². The standard InChI is InChI=1S/C20H29N3O2S/c1-20(2,3)13-8-9-14-15(11-13)26-19-17(14)18(22-12-23-19)21-10-6-4-5-7-16(24)25/h12-13H,4-11H2,1-3H3,(H,24,25)(H,21,22,23). The average Bonchev–Trinajstić information content (AvgIpc) is 2.95. The molecule has 0 saturated heterocycles. The van der Waals surface area contributed by atoms with Crippen molar-refractivity contribution in [1.82, 2.24) is 9.97 Å². The van der Waals surface area contributed by atoms with Crippen molar-refractivity contribution in [2.75, 3.05) is 11.9 Å². The molecule has 1 atom stereocenters. The summed E-state index contributed by atoms with van der Waals surface area (Å²) in [7, 11) is 0. The molecule has 6 heteroatoms. The zero-order valence-corrected chi connectivity index (χ0v) is 16.8. The average molecular weight is 376 g/mol. The molecule has 2 aromatic heterocycles. The second-order valence-corrected chi connectivity index (χ2v) is 9.43. The lowest BCUT2D eigenvalue weighted by atomic mass is 9.72. The number of aryl methyl sites for hydroxylation is 1. The topological polar surface area (TPSA) is 75.1 Å². The lowest BCUT2D eigenvalue weighted by Crippen LogP contribution is -2.26. The Morgan fingerprint density at radius 1 is 1.31 bits per heavy atom. The summed E-state index contributed by atoms with van der Waals surface area (Å²) in [4.78, 5) is 22.1. The van der Waals surface area contributed by atoms with E-state index in [-0.39, 0.29) is 6.42 Å². The highest BCUT2D eigenvalue weighted by molar-refractivity contribution is 7.19. The molecule has 1 unspecified atom stereocenters. The highest BCUT2D eigenvalue weighted by Gasteiger charge is 2.31. The van der Waals surface area contributed by atoms with Gasteiger partial charge in [-0.3, -0.25) is 4.79 Å². The smallest absolute Gasteiger partial charge is 0.303 e. The summed E-state index contributed by atoms with van der Waals surface area (Å²) in [5.74, 6) is 0.954. The SMILES string of the molecule is CC(C)(C)C1CCc2c(sc3ncnc(NCCCCCC(=O)O)c23)C1. The molecule has 142 valence electrons. The van der Waals surface area contributed by atoms with Crippen LogP contribution >= 0.6 is 11.3 Å². The Labute approximate surface area is 159 Å². The predicted molar refractivity (Wildman–Crippen MR) is 107 cm³/mol. The molecule has 2 heterocycles. The third kappa shape index (κ3) is 4.34. The van der Waals surface area contributed by atoms with Crippen molar-refractivity contribution in [2.24, 2.45) is 11.3 Å². The predicted octanol–water partition coefficient (Wildman–Crippen LogP) is 4.90. The molecule has 0 spiro atoms. The van der Waals surface area contributed by atoms with Crippen LogP contribution in [0, 0.1) is 11.3 Å². The van der Waals surface area contributed by atoms with Crippen LogP contribution in [0.15, 0.2) is 6.33 Å². The molecule has 26 heavy (non-hydrogen) atoms. The van der Waals surface area contributed by atoms with Crippen LogP contribution in [0.5, 0.6) is 0 Å². The molecule has 0 saturated carbocycles. The summed E-state index contributed by atoms with van der Waals surface area (Å²) in [5, 5.41) is 13.4. The van der Waals surface area contributed by atoms with Crippen molar-refractivity contribution in [2.45, 2.75) is 65.7 Å². The van der Waals surface area contributed by atoms with E-state index in [4.69, 9.17) is 5.11 Å². The zero-order chi connectivity index (χ0) is 18.7. The number of nitrogens with zero attached hydrogens (tertiary/aromatic N) is 2. The number of rotatable bonds is 7. The fraction of sp³-hybridized carbons (Fsp3) is 0.650. The van der Waals surface area contributed by atoms with E-state index in [1.165, 1.54) is 22.2 Å². The van der Waals surface area contributed by atoms with Gasteiger partial charge in [0, 0.05) is 17.8 Å². The third-order valence-electron chi connectivity index (χ3n) is 5.43. The number of nitrogens with one attached hydrogen (secondary N) is 1. The van der Waals surface area contributed by atoms with Crippen LogP contribution in [-0.4, -0.2) is 27.6 Å². The van der Waals surface area contributed by atoms with Gasteiger partial charge in [-0.2, -0.15) is 0 Å². The Bertz CT molecular complexity index is 779. The van der Waals surface area contributed by atoms with Crippen LogP contribution in [0.4, 0.5) is 5.82 Å². The van der Waals surface area contributed by atoms with Gasteiger partial charge in [0.1, 0.15) is 17.0 Å². The van der Waals surface area contributed by atoms with E-state index in [0.29, 0.717) is 5.41 Å². The zero-order valence-electron chi connectivity index (χ0n) is 16.0. The number of carboxylic acid groups (broad SMARTS) is 1. The van der Waals surface area contributed by atoms with Gasteiger partial charge in [-0.15, -0.1) is 11.3 Å². The lowest BCUT2D eigenvalue weighted by molar-refractivity contribution is -0.137. The van der Waals surface area contributed by atoms with E-state index in [1.54, 1.807) is 6.33 Å². The summed E-state index contributed by atoms with van der Waals surface area (Å²) in [6, 6.07) is 0. The summed E-state index contributed by atoms with van der Waals surface area (Å²) >= 11 is 1.83. The first-order chi connectivity index (χ1) is 12.4. The van der Waals surface area contributed by atoms with Crippen molar-refractivity contribution in [3.63, 3.8) is 0 Å². The third-order valence-corrected chi connectivity index (χ3v) is 6.59. The number of carboxylic acids is 1. The summed E-state index contributed by atoms with van der Waals surface area (Å²) in [5.41, 5.74) is 1.79. The van der Waals surface area contributed by atoms with Gasteiger partial charge in [0.05, 0.1) is 5.39 Å². The number of hydrogen-bond acceptors (Lipinski definition) is 5. The molecule has 0 aromatic carbocycles. The van der Waals surface area contributed by atoms with Gasteiger partial charge in [-0.25, -0.2) is 9.97 Å². The molecular formula is C20H29N3O2S. The largest absolute Gasteiger partial charge is 0.481 e. The van der Waals surface area contributed by atoms with Gasteiger partial charge in [-0.1, -0.05) is 27.2 Å². The summed E-state index contributed by atoms with van der Waals surface area (Å²) < 4.78 is 0. The second-order valence-electron chi connectivity index (χ2n) is 8.34. The first-order valence-corrected chi connectivity index (χ1v) is 10.4. The van der Waals surface area contributed by atoms with Crippen LogP contribution in [0.1, 0.15) is 63.3 Å². The van der Waals surface area contributed by atoms with Crippen LogP contribution in [0.2, 0.25) is 0 Å². The highest BCUT2D eigenvalue weighted by Crippen LogP contribution is 2.44. The Morgan fingerprint density at radius 2 is 2.12 bits per heavy atom. The van der Waals surface area contributed by atoms with Gasteiger partial charge in [0.2, 0.25) is 0 Å². The van der Waals surface area contributed by atoms with E-state index in [2.05, 4.69) is 36.1 Å². The van der Waals surface area contributed by atoms with Crippen molar-refractivity contribution in [3.8, 4) is 0 Å². The fourth-order valence-electron chi connectivity index (χ4n) is 3.77. The van der Waals surface area contributed by atoms with Crippen LogP contribution in [0.25, 0.3) is 10.2 Å². The maximum Gasteiger partial charge on any atom is 0.303 e. The normalized spacial score (nSPS) is 17.3.